The van der Waals surface area contributed by atoms with Crippen LogP contribution in [0.4, 0.5) is 0 Å². The molecule has 1 saturated heterocycles. The fourth-order valence-electron chi connectivity index (χ4n) is 2.67. The number of methoxy groups -OCH3 is 1. The summed E-state index contributed by atoms with van der Waals surface area (Å²) in [4.78, 5) is 13.9. The summed E-state index contributed by atoms with van der Waals surface area (Å²) in [6.07, 6.45) is 3.09. The Morgan fingerprint density at radius 3 is 2.68 bits per heavy atom. The molecule has 0 aromatic carbocycles. The Morgan fingerprint density at radius 2 is 2.11 bits per heavy atom. The second-order valence-corrected chi connectivity index (χ2v) is 6.32. The van der Waals surface area contributed by atoms with E-state index in [0.29, 0.717) is 5.92 Å². The third kappa shape index (κ3) is 4.83. The lowest BCUT2D eigenvalue weighted by atomic mass is 9.89. The Morgan fingerprint density at radius 1 is 1.42 bits per heavy atom. The Hall–Kier alpha value is -1.08. The number of hydrogen-bond acceptors (Lipinski definition) is 4. The molecule has 2 unspecified atom stereocenters. The third-order valence-corrected chi connectivity index (χ3v) is 4.02. The quantitative estimate of drug-likeness (QED) is 0.547. The van der Waals surface area contributed by atoms with Crippen molar-refractivity contribution in [3.8, 4) is 6.07 Å². The highest BCUT2D eigenvalue weighted by Crippen LogP contribution is 2.25. The van der Waals surface area contributed by atoms with Crippen molar-refractivity contribution in [1.29, 1.82) is 5.26 Å². The number of nitrogens with zero attached hydrogens (tertiary/aromatic N) is 2. The number of ether oxygens (including phenoxy) is 1. The zero-order valence-corrected chi connectivity index (χ0v) is 12.6. The van der Waals surface area contributed by atoms with Gasteiger partial charge in [0.15, 0.2) is 0 Å². The Kier molecular flexibility index (Phi) is 5.81. The molecule has 108 valence electrons. The highest BCUT2D eigenvalue weighted by Gasteiger charge is 2.35. The van der Waals surface area contributed by atoms with Crippen LogP contribution in [-0.4, -0.2) is 37.6 Å². The van der Waals surface area contributed by atoms with Crippen LogP contribution in [-0.2, 0) is 9.53 Å². The summed E-state index contributed by atoms with van der Waals surface area (Å²) in [6.45, 7) is 8.88. The van der Waals surface area contributed by atoms with Gasteiger partial charge in [-0.15, -0.1) is 0 Å². The van der Waals surface area contributed by atoms with Crippen LogP contribution in [0.15, 0.2) is 0 Å². The Balaban J connectivity index is 2.26. The third-order valence-electron chi connectivity index (χ3n) is 4.02. The van der Waals surface area contributed by atoms with Gasteiger partial charge in [-0.1, -0.05) is 13.3 Å². The van der Waals surface area contributed by atoms with E-state index in [1.54, 1.807) is 0 Å². The molecule has 0 aliphatic carbocycles. The van der Waals surface area contributed by atoms with Gasteiger partial charge in [0.2, 0.25) is 0 Å². The summed E-state index contributed by atoms with van der Waals surface area (Å²) in [6, 6.07) is 2.33. The number of hydrogen-bond donors (Lipinski definition) is 0. The first-order chi connectivity index (χ1) is 8.89. The van der Waals surface area contributed by atoms with Gasteiger partial charge in [0.25, 0.3) is 0 Å². The highest BCUT2D eigenvalue weighted by molar-refractivity contribution is 5.73. The van der Waals surface area contributed by atoms with E-state index in [1.165, 1.54) is 7.11 Å². The number of unbranched alkanes of at least 4 members (excludes halogenated alkanes) is 1. The molecule has 4 heteroatoms. The lowest BCUT2D eigenvalue weighted by Gasteiger charge is -2.18. The average Bonchev–Trinajstić information content (AvgIpc) is 2.75. The van der Waals surface area contributed by atoms with Crippen molar-refractivity contribution in [3.63, 3.8) is 0 Å². The van der Waals surface area contributed by atoms with Gasteiger partial charge in [0.1, 0.15) is 0 Å². The number of likely N-dealkylation sites (tertiary alicyclic amines) is 1. The summed E-state index contributed by atoms with van der Waals surface area (Å²) in [5.41, 5.74) is -0.215. The van der Waals surface area contributed by atoms with Gasteiger partial charge in [0, 0.05) is 13.1 Å². The van der Waals surface area contributed by atoms with Gasteiger partial charge < -0.3 is 9.64 Å². The molecular weight excluding hydrogens is 240 g/mol. The molecule has 1 rings (SSSR count). The smallest absolute Gasteiger partial charge is 0.310 e. The largest absolute Gasteiger partial charge is 0.469 e. The molecule has 1 aliphatic heterocycles. The number of rotatable bonds is 6. The minimum Gasteiger partial charge on any atom is -0.469 e. The predicted molar refractivity (Wildman–Crippen MR) is 74.4 cm³/mol. The molecule has 0 N–H and O–H groups in total. The molecule has 0 aromatic rings. The first kappa shape index (κ1) is 16.0. The Labute approximate surface area is 116 Å². The summed E-state index contributed by atoms with van der Waals surface area (Å²) >= 11 is 0. The average molecular weight is 266 g/mol. The predicted octanol–water partition coefficient (Wildman–Crippen LogP) is 2.45. The maximum atomic E-state index is 11.6. The van der Waals surface area contributed by atoms with Crippen LogP contribution in [0.25, 0.3) is 0 Å². The van der Waals surface area contributed by atoms with Crippen LogP contribution in [0.5, 0.6) is 0 Å². The summed E-state index contributed by atoms with van der Waals surface area (Å²) in [7, 11) is 1.46. The maximum Gasteiger partial charge on any atom is 0.310 e. The van der Waals surface area contributed by atoms with Crippen LogP contribution < -0.4 is 0 Å². The number of carbonyl (C=O) groups excluding carboxylic acids is 1. The molecule has 0 saturated carbocycles. The SMILES string of the molecule is COC(=O)C1CN(CCCCC(C)(C)C#N)CC1C. The standard InChI is InChI=1S/C15H26N2O2/c1-12-9-17(10-13(12)14(18)19-4)8-6-5-7-15(2,3)11-16/h12-13H,5-10H2,1-4H3. The molecule has 1 fully saturated rings. The molecular formula is C15H26N2O2. The molecule has 0 radical (unpaired) electrons. The summed E-state index contributed by atoms with van der Waals surface area (Å²) < 4.78 is 4.84. The van der Waals surface area contributed by atoms with E-state index in [4.69, 9.17) is 10.00 Å². The first-order valence-electron chi connectivity index (χ1n) is 7.11. The highest BCUT2D eigenvalue weighted by atomic mass is 16.5. The molecule has 1 aliphatic rings. The normalized spacial score (nSPS) is 24.2. The van der Waals surface area contributed by atoms with Crippen molar-refractivity contribution in [2.24, 2.45) is 17.3 Å². The second kappa shape index (κ2) is 6.91. The van der Waals surface area contributed by atoms with Crippen molar-refractivity contribution in [2.75, 3.05) is 26.7 Å². The lowest BCUT2D eigenvalue weighted by Crippen LogP contribution is -2.25. The monoisotopic (exact) mass is 266 g/mol. The molecule has 1 heterocycles. The molecule has 19 heavy (non-hydrogen) atoms. The van der Waals surface area contributed by atoms with Crippen molar-refractivity contribution in [3.05, 3.63) is 0 Å². The summed E-state index contributed by atoms with van der Waals surface area (Å²) in [5, 5.41) is 8.95. The minimum absolute atomic E-state index is 0.0283. The lowest BCUT2D eigenvalue weighted by molar-refractivity contribution is -0.146. The molecule has 2 atom stereocenters. The zero-order valence-electron chi connectivity index (χ0n) is 12.6. The zero-order chi connectivity index (χ0) is 14.5. The molecule has 0 spiro atoms. The summed E-state index contributed by atoms with van der Waals surface area (Å²) in [5.74, 6) is 0.323. The second-order valence-electron chi connectivity index (χ2n) is 6.32. The number of nitriles is 1. The van der Waals surface area contributed by atoms with E-state index < -0.39 is 0 Å². The fraction of sp³-hybridized carbons (Fsp3) is 0.867. The van der Waals surface area contributed by atoms with Gasteiger partial charge >= 0.3 is 5.97 Å². The topological polar surface area (TPSA) is 53.3 Å². The van der Waals surface area contributed by atoms with E-state index in [1.807, 2.05) is 13.8 Å². The van der Waals surface area contributed by atoms with Crippen molar-refractivity contribution >= 4 is 5.97 Å². The van der Waals surface area contributed by atoms with Crippen molar-refractivity contribution in [2.45, 2.75) is 40.0 Å². The minimum atomic E-state index is -0.215. The van der Waals surface area contributed by atoms with Gasteiger partial charge in [0.05, 0.1) is 24.5 Å². The van der Waals surface area contributed by atoms with Crippen molar-refractivity contribution < 1.29 is 9.53 Å². The first-order valence-corrected chi connectivity index (χ1v) is 7.11. The van der Waals surface area contributed by atoms with Crippen LogP contribution in [0.1, 0.15) is 40.0 Å². The Bertz CT molecular complexity index is 347. The fourth-order valence-corrected chi connectivity index (χ4v) is 2.67. The van der Waals surface area contributed by atoms with Gasteiger partial charge in [-0.3, -0.25) is 4.79 Å². The van der Waals surface area contributed by atoms with Crippen LogP contribution in [0.3, 0.4) is 0 Å². The van der Waals surface area contributed by atoms with E-state index in [2.05, 4.69) is 17.9 Å². The van der Waals surface area contributed by atoms with Gasteiger partial charge in [-0.05, 0) is 39.2 Å². The van der Waals surface area contributed by atoms with E-state index in [9.17, 15) is 4.79 Å². The number of esters is 1. The maximum absolute atomic E-state index is 11.6. The van der Waals surface area contributed by atoms with Crippen LogP contribution in [0, 0.1) is 28.6 Å². The van der Waals surface area contributed by atoms with Gasteiger partial charge in [-0.2, -0.15) is 5.26 Å². The molecule has 0 amide bonds. The van der Waals surface area contributed by atoms with Crippen molar-refractivity contribution in [1.82, 2.24) is 4.90 Å². The van der Waals surface area contributed by atoms with E-state index in [-0.39, 0.29) is 17.3 Å². The number of carbonyl (C=O) groups is 1. The van der Waals surface area contributed by atoms with E-state index in [0.717, 1.165) is 38.9 Å². The molecule has 4 nitrogen and oxygen atoms in total. The molecule has 0 bridgehead atoms. The van der Waals surface area contributed by atoms with Crippen LogP contribution in [0.2, 0.25) is 0 Å². The van der Waals surface area contributed by atoms with Crippen LogP contribution >= 0.6 is 0 Å². The molecule has 0 aromatic heterocycles. The van der Waals surface area contributed by atoms with E-state index >= 15 is 0 Å². The van der Waals surface area contributed by atoms with Gasteiger partial charge in [-0.25, -0.2) is 0 Å².